The molecule has 0 bridgehead atoms. The van der Waals surface area contributed by atoms with Crippen molar-refractivity contribution in [3.05, 3.63) is 35.4 Å². The second-order valence-electron chi connectivity index (χ2n) is 2.94. The van der Waals surface area contributed by atoms with E-state index in [1.165, 1.54) is 6.07 Å². The van der Waals surface area contributed by atoms with Crippen LogP contribution in [-0.4, -0.2) is 20.0 Å². The molecule has 5 heteroatoms. The van der Waals surface area contributed by atoms with Gasteiger partial charge in [0.2, 0.25) is 0 Å². The average Bonchev–Trinajstić information content (AvgIpc) is 2.34. The number of nitrogen functional groups attached to an aromatic ring is 1. The van der Waals surface area contributed by atoms with Gasteiger partial charge in [-0.3, -0.25) is 4.79 Å². The van der Waals surface area contributed by atoms with Crippen molar-refractivity contribution < 1.29 is 18.3 Å². The van der Waals surface area contributed by atoms with Gasteiger partial charge in [0.1, 0.15) is 6.29 Å². The maximum Gasteiger partial charge on any atom is 0.168 e. The summed E-state index contributed by atoms with van der Waals surface area (Å²) in [5, 5.41) is 0. The lowest BCUT2D eigenvalue weighted by molar-refractivity contribution is -0.104. The fourth-order valence-corrected chi connectivity index (χ4v) is 0.886. The molecule has 0 fully saturated rings. The molecule has 17 heavy (non-hydrogen) atoms. The van der Waals surface area contributed by atoms with Crippen molar-refractivity contribution in [1.29, 1.82) is 0 Å². The molecule has 1 aromatic carbocycles. The molecule has 0 heterocycles. The van der Waals surface area contributed by atoms with E-state index in [-0.39, 0.29) is 11.3 Å². The predicted octanol–water partition coefficient (Wildman–Crippen LogP) is 2.41. The number of hydrogen-bond acceptors (Lipinski definition) is 3. The van der Waals surface area contributed by atoms with Gasteiger partial charge < -0.3 is 10.5 Å². The van der Waals surface area contributed by atoms with Gasteiger partial charge in [0, 0.05) is 25.0 Å². The topological polar surface area (TPSA) is 52.3 Å². The Morgan fingerprint density at radius 3 is 2.47 bits per heavy atom. The van der Waals surface area contributed by atoms with E-state index < -0.39 is 11.6 Å². The summed E-state index contributed by atoms with van der Waals surface area (Å²) in [7, 11) is 1.68. The molecule has 0 aliphatic carbocycles. The van der Waals surface area contributed by atoms with Gasteiger partial charge in [0.15, 0.2) is 11.6 Å². The summed E-state index contributed by atoms with van der Waals surface area (Å²) < 4.78 is 30.1. The molecule has 0 amide bonds. The Morgan fingerprint density at radius 2 is 2.00 bits per heavy atom. The number of benzene rings is 1. The maximum atomic E-state index is 13.0. The van der Waals surface area contributed by atoms with Crippen molar-refractivity contribution in [1.82, 2.24) is 0 Å². The SMILES string of the molecule is CCOC.Nc1ccc(F)c(F)c1/C=C/C=O. The number of rotatable bonds is 3. The summed E-state index contributed by atoms with van der Waals surface area (Å²) in [5.41, 5.74) is 5.35. The van der Waals surface area contributed by atoms with Gasteiger partial charge in [-0.25, -0.2) is 8.78 Å². The Kier molecular flexibility index (Phi) is 7.54. The van der Waals surface area contributed by atoms with Crippen LogP contribution < -0.4 is 5.73 Å². The van der Waals surface area contributed by atoms with Crippen LogP contribution >= 0.6 is 0 Å². The zero-order chi connectivity index (χ0) is 13.3. The third kappa shape index (κ3) is 5.21. The Bertz CT molecular complexity index is 390. The van der Waals surface area contributed by atoms with Gasteiger partial charge in [-0.1, -0.05) is 0 Å². The molecule has 0 atom stereocenters. The first kappa shape index (κ1) is 15.2. The fourth-order valence-electron chi connectivity index (χ4n) is 0.886. The molecular formula is C12H15F2NO2. The minimum Gasteiger partial charge on any atom is -0.398 e. The molecule has 0 aliphatic heterocycles. The van der Waals surface area contributed by atoms with Crippen molar-refractivity contribution in [3.8, 4) is 0 Å². The van der Waals surface area contributed by atoms with Crippen molar-refractivity contribution in [3.63, 3.8) is 0 Å². The number of hydrogen-bond donors (Lipinski definition) is 1. The van der Waals surface area contributed by atoms with Crippen LogP contribution in [0.4, 0.5) is 14.5 Å². The molecule has 0 unspecified atom stereocenters. The van der Waals surface area contributed by atoms with Gasteiger partial charge in [-0.15, -0.1) is 0 Å². The summed E-state index contributed by atoms with van der Waals surface area (Å²) >= 11 is 0. The van der Waals surface area contributed by atoms with E-state index in [2.05, 4.69) is 4.74 Å². The van der Waals surface area contributed by atoms with Crippen LogP contribution in [0, 0.1) is 11.6 Å². The number of anilines is 1. The highest BCUT2D eigenvalue weighted by molar-refractivity contribution is 5.77. The highest BCUT2D eigenvalue weighted by atomic mass is 19.2. The first-order valence-electron chi connectivity index (χ1n) is 4.92. The van der Waals surface area contributed by atoms with Gasteiger partial charge >= 0.3 is 0 Å². The Hall–Kier alpha value is -1.75. The Balaban J connectivity index is 0.000000557. The summed E-state index contributed by atoms with van der Waals surface area (Å²) in [5.74, 6) is -2.03. The number of halogens is 2. The largest absolute Gasteiger partial charge is 0.398 e. The standard InChI is InChI=1S/C9H7F2NO.C3H8O/c10-7-3-4-8(12)6(9(7)11)2-1-5-13;1-3-4-2/h1-5H,12H2;3H2,1-2H3/b2-1+;. The molecule has 0 saturated carbocycles. The van der Waals surface area contributed by atoms with Gasteiger partial charge in [0.25, 0.3) is 0 Å². The van der Waals surface area contributed by atoms with E-state index in [0.717, 1.165) is 24.8 Å². The highest BCUT2D eigenvalue weighted by Crippen LogP contribution is 2.19. The van der Waals surface area contributed by atoms with E-state index in [4.69, 9.17) is 5.73 Å². The Morgan fingerprint density at radius 1 is 1.41 bits per heavy atom. The van der Waals surface area contributed by atoms with Crippen LogP contribution in [0.5, 0.6) is 0 Å². The number of ether oxygens (including phenoxy) is 1. The average molecular weight is 243 g/mol. The molecule has 3 nitrogen and oxygen atoms in total. The van der Waals surface area contributed by atoms with Crippen LogP contribution in [0.3, 0.4) is 0 Å². The first-order valence-corrected chi connectivity index (χ1v) is 4.92. The second kappa shape index (κ2) is 8.41. The molecule has 94 valence electrons. The monoisotopic (exact) mass is 243 g/mol. The molecule has 0 radical (unpaired) electrons. The third-order valence-electron chi connectivity index (χ3n) is 1.80. The number of nitrogens with two attached hydrogens (primary N) is 1. The normalized spacial score (nSPS) is 9.88. The molecular weight excluding hydrogens is 228 g/mol. The zero-order valence-electron chi connectivity index (χ0n) is 9.74. The third-order valence-corrected chi connectivity index (χ3v) is 1.80. The summed E-state index contributed by atoms with van der Waals surface area (Å²) in [4.78, 5) is 9.94. The zero-order valence-corrected chi connectivity index (χ0v) is 9.74. The summed E-state index contributed by atoms with van der Waals surface area (Å²) in [6, 6.07) is 2.17. The van der Waals surface area contributed by atoms with Crippen LogP contribution in [-0.2, 0) is 9.53 Å². The molecule has 1 rings (SSSR count). The fraction of sp³-hybridized carbons (Fsp3) is 0.250. The lowest BCUT2D eigenvalue weighted by Gasteiger charge is -2.01. The van der Waals surface area contributed by atoms with Gasteiger partial charge in [-0.05, 0) is 31.2 Å². The number of allylic oxidation sites excluding steroid dienone is 1. The van der Waals surface area contributed by atoms with Crippen LogP contribution in [0.25, 0.3) is 6.08 Å². The van der Waals surface area contributed by atoms with E-state index >= 15 is 0 Å². The summed E-state index contributed by atoms with van der Waals surface area (Å²) in [6.45, 7) is 2.78. The number of aldehydes is 1. The molecule has 0 aromatic heterocycles. The lowest BCUT2D eigenvalue weighted by Crippen LogP contribution is -1.95. The molecule has 1 aromatic rings. The maximum absolute atomic E-state index is 13.0. The van der Waals surface area contributed by atoms with E-state index in [0.29, 0.717) is 6.29 Å². The van der Waals surface area contributed by atoms with Crippen LogP contribution in [0.1, 0.15) is 12.5 Å². The van der Waals surface area contributed by atoms with Crippen molar-refractivity contribution >= 4 is 18.0 Å². The van der Waals surface area contributed by atoms with Gasteiger partial charge in [-0.2, -0.15) is 0 Å². The van der Waals surface area contributed by atoms with Crippen LogP contribution in [0.15, 0.2) is 18.2 Å². The van der Waals surface area contributed by atoms with E-state index in [1.54, 1.807) is 7.11 Å². The summed E-state index contributed by atoms with van der Waals surface area (Å²) in [6.07, 6.45) is 2.64. The smallest absolute Gasteiger partial charge is 0.168 e. The first-order chi connectivity index (χ1) is 8.08. The highest BCUT2D eigenvalue weighted by Gasteiger charge is 2.08. The van der Waals surface area contributed by atoms with Crippen molar-refractivity contribution in [2.75, 3.05) is 19.5 Å². The van der Waals surface area contributed by atoms with Crippen LogP contribution in [0.2, 0.25) is 0 Å². The Labute approximate surface area is 98.9 Å². The van der Waals surface area contributed by atoms with E-state index in [1.807, 2.05) is 6.92 Å². The quantitative estimate of drug-likeness (QED) is 0.504. The van der Waals surface area contributed by atoms with Crippen molar-refractivity contribution in [2.45, 2.75) is 6.92 Å². The number of carbonyl (C=O) groups excluding carboxylic acids is 1. The molecule has 0 spiro atoms. The lowest BCUT2D eigenvalue weighted by atomic mass is 10.1. The van der Waals surface area contributed by atoms with E-state index in [9.17, 15) is 13.6 Å². The predicted molar refractivity (Wildman–Crippen MR) is 63.4 cm³/mol. The number of carbonyl (C=O) groups is 1. The molecule has 0 aliphatic rings. The minimum absolute atomic E-state index is 0.0944. The number of methoxy groups -OCH3 is 1. The molecule has 0 saturated heterocycles. The minimum atomic E-state index is -1.04. The van der Waals surface area contributed by atoms with Crippen molar-refractivity contribution in [2.24, 2.45) is 0 Å². The second-order valence-corrected chi connectivity index (χ2v) is 2.94. The van der Waals surface area contributed by atoms with Gasteiger partial charge in [0.05, 0.1) is 0 Å². The molecule has 2 N–H and O–H groups in total.